The number of nitrogens with one attached hydrogen (secondary N) is 1. The van der Waals surface area contributed by atoms with Gasteiger partial charge in [0.15, 0.2) is 0 Å². The highest BCUT2D eigenvalue weighted by molar-refractivity contribution is 7.89. The summed E-state index contributed by atoms with van der Waals surface area (Å²) in [6.07, 6.45) is -3.17. The topological polar surface area (TPSA) is 101 Å². The molecule has 0 saturated heterocycles. The van der Waals surface area contributed by atoms with Crippen LogP contribution in [0.4, 0.5) is 26.3 Å². The van der Waals surface area contributed by atoms with Gasteiger partial charge >= 0.3 is 12.4 Å². The summed E-state index contributed by atoms with van der Waals surface area (Å²) < 4.78 is 106. The Morgan fingerprint density at radius 2 is 1.78 bits per heavy atom. The van der Waals surface area contributed by atoms with Crippen LogP contribution in [-0.2, 0) is 16.2 Å². The van der Waals surface area contributed by atoms with E-state index in [0.717, 1.165) is 18.3 Å². The summed E-state index contributed by atoms with van der Waals surface area (Å²) in [6, 6.07) is 1.38. The number of halogens is 6. The van der Waals surface area contributed by atoms with Gasteiger partial charge in [-0.05, 0) is 43.7 Å². The molecule has 0 amide bonds. The zero-order chi connectivity index (χ0) is 26.6. The van der Waals surface area contributed by atoms with Gasteiger partial charge in [0.1, 0.15) is 22.7 Å². The average Bonchev–Trinajstić information content (AvgIpc) is 3.04. The number of nitrogens with zero attached hydrogens (tertiary/aromatic N) is 4. The Balaban J connectivity index is 1.90. The lowest BCUT2D eigenvalue weighted by atomic mass is 10.1. The Bertz CT molecular complexity index is 1590. The first-order valence-corrected chi connectivity index (χ1v) is 11.6. The largest absolute Gasteiger partial charge is 0.417 e. The normalized spacial score (nSPS) is 14.9. The van der Waals surface area contributed by atoms with Gasteiger partial charge in [-0.2, -0.15) is 36.3 Å². The zero-order valence-electron chi connectivity index (χ0n) is 18.4. The summed E-state index contributed by atoms with van der Waals surface area (Å²) in [7, 11) is -4.61. The first-order chi connectivity index (χ1) is 16.6. The smallest absolute Gasteiger partial charge is 0.291 e. The van der Waals surface area contributed by atoms with E-state index in [1.54, 1.807) is 18.2 Å². The van der Waals surface area contributed by atoms with E-state index in [9.17, 15) is 40.0 Å². The molecular formula is C22H15F6N5O2S. The highest BCUT2D eigenvalue weighted by Gasteiger charge is 2.39. The maximum absolute atomic E-state index is 13.3. The first-order valence-electron chi connectivity index (χ1n) is 10.1. The molecule has 0 aromatic carbocycles. The maximum Gasteiger partial charge on any atom is 0.417 e. The zero-order valence-corrected chi connectivity index (χ0v) is 19.2. The number of fused-ring (bicyclic) bond motifs is 1. The van der Waals surface area contributed by atoms with Gasteiger partial charge in [0.25, 0.3) is 0 Å². The van der Waals surface area contributed by atoms with Crippen LogP contribution >= 0.6 is 0 Å². The van der Waals surface area contributed by atoms with Crippen LogP contribution in [0.2, 0.25) is 0 Å². The average molecular weight is 527 g/mol. The molecule has 1 N–H and O–H groups in total. The number of allylic oxidation sites excluding steroid dienone is 4. The van der Waals surface area contributed by atoms with E-state index in [-0.39, 0.29) is 33.5 Å². The minimum Gasteiger partial charge on any atom is -0.291 e. The van der Waals surface area contributed by atoms with Gasteiger partial charge in [-0.15, -0.1) is 0 Å². The number of sulfonamides is 1. The number of pyridine rings is 2. The molecule has 0 fully saturated rings. The van der Waals surface area contributed by atoms with Gasteiger partial charge in [-0.25, -0.2) is 13.4 Å². The SMILES string of the molecule is Cc1cc(S(=O)(=O)NC(C)C(F)(F)F)cnc1-c1c(C#N)c2cc(C(F)(F)F)cnc2n1C1=CC=C1. The molecule has 0 spiro atoms. The Labute approximate surface area is 200 Å². The molecule has 1 aliphatic rings. The molecule has 0 radical (unpaired) electrons. The van der Waals surface area contributed by atoms with E-state index >= 15 is 0 Å². The molecule has 4 rings (SSSR count). The van der Waals surface area contributed by atoms with Crippen molar-refractivity contribution in [3.05, 3.63) is 59.4 Å². The molecule has 3 aromatic rings. The predicted octanol–water partition coefficient (Wildman–Crippen LogP) is 4.94. The molecule has 1 atom stereocenters. The Hall–Kier alpha value is -3.70. The van der Waals surface area contributed by atoms with Gasteiger partial charge in [0.2, 0.25) is 10.0 Å². The van der Waals surface area contributed by atoms with E-state index in [2.05, 4.69) is 9.97 Å². The molecular weight excluding hydrogens is 512 g/mol. The van der Waals surface area contributed by atoms with Crippen LogP contribution in [0.15, 0.2) is 47.6 Å². The maximum atomic E-state index is 13.3. The lowest BCUT2D eigenvalue weighted by Gasteiger charge is -2.18. The van der Waals surface area contributed by atoms with E-state index in [0.29, 0.717) is 18.8 Å². The van der Waals surface area contributed by atoms with Gasteiger partial charge < -0.3 is 0 Å². The quantitative estimate of drug-likeness (QED) is 0.474. The van der Waals surface area contributed by atoms with Crippen molar-refractivity contribution in [1.29, 1.82) is 5.26 Å². The molecule has 7 nitrogen and oxygen atoms in total. The number of nitriles is 1. The fraction of sp³-hybridized carbons (Fsp3) is 0.227. The van der Waals surface area contributed by atoms with Crippen molar-refractivity contribution in [3.8, 4) is 17.5 Å². The second-order valence-corrected chi connectivity index (χ2v) is 9.65. The Kier molecular flexibility index (Phi) is 5.96. The second kappa shape index (κ2) is 8.45. The molecule has 3 aromatic heterocycles. The molecule has 1 unspecified atom stereocenters. The van der Waals surface area contributed by atoms with Crippen molar-refractivity contribution in [2.24, 2.45) is 0 Å². The first kappa shape index (κ1) is 25.4. The number of hydrogen-bond acceptors (Lipinski definition) is 5. The lowest BCUT2D eigenvalue weighted by Crippen LogP contribution is -2.43. The summed E-state index contributed by atoms with van der Waals surface area (Å²) in [5.41, 5.74) is -0.455. The van der Waals surface area contributed by atoms with Crippen molar-refractivity contribution in [2.45, 2.75) is 37.1 Å². The number of rotatable bonds is 5. The van der Waals surface area contributed by atoms with E-state index < -0.39 is 38.9 Å². The van der Waals surface area contributed by atoms with Gasteiger partial charge in [0.05, 0.1) is 22.5 Å². The summed E-state index contributed by atoms with van der Waals surface area (Å²) >= 11 is 0. The molecule has 3 heterocycles. The minimum absolute atomic E-state index is 0.0436. The fourth-order valence-electron chi connectivity index (χ4n) is 3.55. The molecule has 36 heavy (non-hydrogen) atoms. The summed E-state index contributed by atoms with van der Waals surface area (Å²) in [4.78, 5) is 7.46. The van der Waals surface area contributed by atoms with E-state index in [1.165, 1.54) is 16.2 Å². The molecule has 1 aliphatic carbocycles. The highest BCUT2D eigenvalue weighted by Crippen LogP contribution is 2.39. The van der Waals surface area contributed by atoms with Gasteiger partial charge in [-0.1, -0.05) is 6.08 Å². The van der Waals surface area contributed by atoms with Crippen molar-refractivity contribution in [2.75, 3.05) is 0 Å². The number of aromatic nitrogens is 3. The molecule has 0 bridgehead atoms. The monoisotopic (exact) mass is 527 g/mol. The fourth-order valence-corrected chi connectivity index (χ4v) is 4.81. The van der Waals surface area contributed by atoms with E-state index in [1.807, 2.05) is 6.07 Å². The van der Waals surface area contributed by atoms with Crippen molar-refractivity contribution < 1.29 is 34.8 Å². The van der Waals surface area contributed by atoms with Crippen LogP contribution in [0.5, 0.6) is 0 Å². The van der Waals surface area contributed by atoms with Crippen LogP contribution in [0.3, 0.4) is 0 Å². The Morgan fingerprint density at radius 1 is 1.11 bits per heavy atom. The highest BCUT2D eigenvalue weighted by atomic mass is 32.2. The van der Waals surface area contributed by atoms with Crippen molar-refractivity contribution in [3.63, 3.8) is 0 Å². The lowest BCUT2D eigenvalue weighted by molar-refractivity contribution is -0.147. The van der Waals surface area contributed by atoms with Crippen LogP contribution in [0.1, 0.15) is 23.6 Å². The van der Waals surface area contributed by atoms with Crippen LogP contribution in [0, 0.1) is 18.3 Å². The summed E-state index contributed by atoms with van der Waals surface area (Å²) in [6.45, 7) is 2.06. The number of hydrogen-bond donors (Lipinski definition) is 1. The van der Waals surface area contributed by atoms with Crippen LogP contribution in [-0.4, -0.2) is 35.2 Å². The standard InChI is InChI=1S/C22H15F6N5O2S/c1-11-6-15(36(34,35)32-12(2)21(23,24)25)10-30-18(11)19-17(8-29)16-7-13(22(26,27)28)9-31-20(16)33(19)14-4-3-5-14/h3-7,9-10,12,32H,1-2H3. The van der Waals surface area contributed by atoms with E-state index in [4.69, 9.17) is 0 Å². The third-order valence-electron chi connectivity index (χ3n) is 5.45. The molecule has 14 heteroatoms. The number of aryl methyl sites for hydroxylation is 1. The number of alkyl halides is 6. The summed E-state index contributed by atoms with van der Waals surface area (Å²) in [5.74, 6) is 0. The van der Waals surface area contributed by atoms with Crippen molar-refractivity contribution >= 4 is 26.8 Å². The molecule has 0 aliphatic heterocycles. The third kappa shape index (κ3) is 4.35. The predicted molar refractivity (Wildman–Crippen MR) is 117 cm³/mol. The van der Waals surface area contributed by atoms with Crippen LogP contribution < -0.4 is 4.72 Å². The van der Waals surface area contributed by atoms with Crippen LogP contribution in [0.25, 0.3) is 28.1 Å². The molecule has 188 valence electrons. The molecule has 0 saturated carbocycles. The second-order valence-electron chi connectivity index (χ2n) is 7.94. The third-order valence-corrected chi connectivity index (χ3v) is 6.96. The Morgan fingerprint density at radius 3 is 2.28 bits per heavy atom. The van der Waals surface area contributed by atoms with Gasteiger partial charge in [0, 0.05) is 23.5 Å². The summed E-state index contributed by atoms with van der Waals surface area (Å²) in [5, 5.41) is 9.76. The minimum atomic E-state index is -4.82. The van der Waals surface area contributed by atoms with Crippen molar-refractivity contribution in [1.82, 2.24) is 19.3 Å². The van der Waals surface area contributed by atoms with Gasteiger partial charge in [-0.3, -0.25) is 9.55 Å².